The van der Waals surface area contributed by atoms with E-state index < -0.39 is 0 Å². The number of thiophene rings is 1. The lowest BCUT2D eigenvalue weighted by Crippen LogP contribution is -2.28. The maximum atomic E-state index is 13.1. The number of fused-ring (bicyclic) bond motifs is 3. The molecule has 0 fully saturated rings. The van der Waals surface area contributed by atoms with Crippen LogP contribution in [0.5, 0.6) is 0 Å². The molecule has 0 spiro atoms. The molecule has 3 aromatic rings. The molecule has 4 rings (SSSR count). The number of aromatic nitrogens is 3. The second-order valence-electron chi connectivity index (χ2n) is 8.31. The molecule has 2 heterocycles. The topological polar surface area (TPSA) is 71.6 Å². The zero-order valence-corrected chi connectivity index (χ0v) is 16.6. The molecule has 1 aromatic carbocycles. The largest absolute Gasteiger partial charge is 0.279 e. The highest BCUT2D eigenvalue weighted by Gasteiger charge is 2.31. The second kappa shape index (κ2) is 6.58. The number of nitriles is 1. The molecule has 27 heavy (non-hydrogen) atoms. The Bertz CT molecular complexity index is 1110. The van der Waals surface area contributed by atoms with E-state index in [1.165, 1.54) is 9.56 Å². The summed E-state index contributed by atoms with van der Waals surface area (Å²) in [6, 6.07) is 9.47. The van der Waals surface area contributed by atoms with Crippen LogP contribution in [0.4, 0.5) is 0 Å². The van der Waals surface area contributed by atoms with E-state index in [-0.39, 0.29) is 17.5 Å². The first-order chi connectivity index (χ1) is 12.9. The van der Waals surface area contributed by atoms with Gasteiger partial charge in [-0.3, -0.25) is 4.79 Å². The fourth-order valence-electron chi connectivity index (χ4n) is 3.90. The first kappa shape index (κ1) is 17.9. The second-order valence-corrected chi connectivity index (χ2v) is 9.39. The van der Waals surface area contributed by atoms with Crippen molar-refractivity contribution in [2.24, 2.45) is 11.3 Å². The lowest BCUT2D eigenvalue weighted by atomic mass is 9.72. The number of rotatable bonds is 2. The van der Waals surface area contributed by atoms with Crippen LogP contribution in [0.2, 0.25) is 0 Å². The molecule has 0 saturated carbocycles. The number of benzene rings is 1. The van der Waals surface area contributed by atoms with E-state index in [1.54, 1.807) is 17.4 Å². The smallest absolute Gasteiger partial charge is 0.267 e. The third kappa shape index (κ3) is 3.17. The Morgan fingerprint density at radius 3 is 2.85 bits per heavy atom. The van der Waals surface area contributed by atoms with E-state index in [4.69, 9.17) is 0 Å². The Morgan fingerprint density at radius 1 is 1.33 bits per heavy atom. The van der Waals surface area contributed by atoms with Crippen LogP contribution in [-0.2, 0) is 19.4 Å². The summed E-state index contributed by atoms with van der Waals surface area (Å²) in [5.74, 6) is 0.621. The van der Waals surface area contributed by atoms with Crippen LogP contribution in [0.15, 0.2) is 29.1 Å². The van der Waals surface area contributed by atoms with E-state index in [0.29, 0.717) is 11.5 Å². The third-order valence-corrected chi connectivity index (χ3v) is 6.76. The molecule has 2 aromatic heterocycles. The van der Waals surface area contributed by atoms with Gasteiger partial charge in [0.2, 0.25) is 0 Å². The maximum Gasteiger partial charge on any atom is 0.279 e. The zero-order chi connectivity index (χ0) is 19.2. The molecule has 1 unspecified atom stereocenters. The molecular weight excluding hydrogens is 356 g/mol. The fraction of sp³-hybridized carbons (Fsp3) is 0.429. The van der Waals surface area contributed by atoms with E-state index in [0.717, 1.165) is 40.6 Å². The average molecular weight is 379 g/mol. The van der Waals surface area contributed by atoms with Gasteiger partial charge in [0.15, 0.2) is 4.83 Å². The SMILES string of the molecule is CC(C)(C)C1CCc2c(sc3nnn(Cc4ccccc4C#N)c(=O)c23)C1. The first-order valence-corrected chi connectivity index (χ1v) is 10.1. The minimum absolute atomic E-state index is 0.0977. The standard InChI is InChI=1S/C21H22N4OS/c1-21(2,3)15-8-9-16-17(10-15)27-19-18(16)20(26)25(24-23-19)12-14-7-5-4-6-13(14)11-22/h4-7,15H,8-10,12H2,1-3H3. The molecule has 6 heteroatoms. The molecule has 5 nitrogen and oxygen atoms in total. The molecule has 0 aliphatic heterocycles. The van der Waals surface area contributed by atoms with Crippen molar-refractivity contribution in [3.63, 3.8) is 0 Å². The predicted octanol–water partition coefficient (Wildman–Crippen LogP) is 3.92. The van der Waals surface area contributed by atoms with E-state index in [1.807, 2.05) is 18.2 Å². The van der Waals surface area contributed by atoms with Crippen molar-refractivity contribution in [2.75, 3.05) is 0 Å². The zero-order valence-electron chi connectivity index (χ0n) is 15.8. The summed E-state index contributed by atoms with van der Waals surface area (Å²) in [6.07, 6.45) is 3.03. The van der Waals surface area contributed by atoms with Gasteiger partial charge in [0.25, 0.3) is 5.56 Å². The van der Waals surface area contributed by atoms with Crippen molar-refractivity contribution in [1.82, 2.24) is 15.0 Å². The minimum atomic E-state index is -0.0977. The van der Waals surface area contributed by atoms with Crippen LogP contribution in [0, 0.1) is 22.7 Å². The van der Waals surface area contributed by atoms with Crippen molar-refractivity contribution in [1.29, 1.82) is 5.26 Å². The van der Waals surface area contributed by atoms with Crippen molar-refractivity contribution < 1.29 is 0 Å². The van der Waals surface area contributed by atoms with Crippen LogP contribution in [0.1, 0.15) is 48.8 Å². The van der Waals surface area contributed by atoms with Gasteiger partial charge in [-0.05, 0) is 47.8 Å². The Morgan fingerprint density at radius 2 is 2.11 bits per heavy atom. The van der Waals surface area contributed by atoms with E-state index in [9.17, 15) is 10.1 Å². The van der Waals surface area contributed by atoms with Crippen molar-refractivity contribution in [2.45, 2.75) is 46.6 Å². The molecule has 1 aliphatic rings. The fourth-order valence-corrected chi connectivity index (χ4v) is 5.13. The van der Waals surface area contributed by atoms with Gasteiger partial charge in [0, 0.05) is 4.88 Å². The number of nitrogens with zero attached hydrogens (tertiary/aromatic N) is 4. The number of aryl methyl sites for hydroxylation is 1. The Labute approximate surface area is 162 Å². The first-order valence-electron chi connectivity index (χ1n) is 9.24. The van der Waals surface area contributed by atoms with Gasteiger partial charge in [0.1, 0.15) is 0 Å². The molecule has 0 saturated heterocycles. The van der Waals surface area contributed by atoms with Crippen LogP contribution >= 0.6 is 11.3 Å². The van der Waals surface area contributed by atoms with Gasteiger partial charge in [-0.1, -0.05) is 44.2 Å². The van der Waals surface area contributed by atoms with Gasteiger partial charge >= 0.3 is 0 Å². The van der Waals surface area contributed by atoms with Crippen molar-refractivity contribution in [3.05, 3.63) is 56.2 Å². The summed E-state index contributed by atoms with van der Waals surface area (Å²) < 4.78 is 1.39. The lowest BCUT2D eigenvalue weighted by molar-refractivity contribution is 0.218. The molecule has 1 aliphatic carbocycles. The number of hydrogen-bond acceptors (Lipinski definition) is 5. The molecule has 1 atom stereocenters. The summed E-state index contributed by atoms with van der Waals surface area (Å²) in [5.41, 5.74) is 2.68. The Kier molecular flexibility index (Phi) is 4.35. The summed E-state index contributed by atoms with van der Waals surface area (Å²) in [4.78, 5) is 15.2. The highest BCUT2D eigenvalue weighted by Crippen LogP contribution is 2.41. The monoisotopic (exact) mass is 378 g/mol. The quantitative estimate of drug-likeness (QED) is 0.677. The van der Waals surface area contributed by atoms with Crippen LogP contribution in [-0.4, -0.2) is 15.0 Å². The van der Waals surface area contributed by atoms with Crippen molar-refractivity contribution >= 4 is 21.6 Å². The molecule has 0 radical (unpaired) electrons. The third-order valence-electron chi connectivity index (χ3n) is 5.62. The summed E-state index contributed by atoms with van der Waals surface area (Å²) in [6.45, 7) is 7.13. The summed E-state index contributed by atoms with van der Waals surface area (Å²) in [5, 5.41) is 18.5. The highest BCUT2D eigenvalue weighted by molar-refractivity contribution is 7.18. The molecule has 0 bridgehead atoms. The van der Waals surface area contributed by atoms with Gasteiger partial charge in [-0.25, -0.2) is 4.68 Å². The molecule has 138 valence electrons. The highest BCUT2D eigenvalue weighted by atomic mass is 32.1. The Balaban J connectivity index is 1.76. The van der Waals surface area contributed by atoms with Gasteiger partial charge in [0.05, 0.1) is 23.6 Å². The van der Waals surface area contributed by atoms with Gasteiger partial charge < -0.3 is 0 Å². The van der Waals surface area contributed by atoms with Crippen LogP contribution in [0.25, 0.3) is 10.2 Å². The maximum absolute atomic E-state index is 13.1. The molecule has 0 N–H and O–H groups in total. The predicted molar refractivity (Wildman–Crippen MR) is 107 cm³/mol. The number of hydrogen-bond donors (Lipinski definition) is 0. The molecular formula is C21H22N4OS. The van der Waals surface area contributed by atoms with Gasteiger partial charge in [-0.15, -0.1) is 16.4 Å². The average Bonchev–Trinajstić information content (AvgIpc) is 3.02. The van der Waals surface area contributed by atoms with Crippen LogP contribution in [0.3, 0.4) is 0 Å². The molecule has 0 amide bonds. The lowest BCUT2D eigenvalue weighted by Gasteiger charge is -2.33. The van der Waals surface area contributed by atoms with Crippen LogP contribution < -0.4 is 5.56 Å². The normalized spacial score (nSPS) is 16.9. The minimum Gasteiger partial charge on any atom is -0.267 e. The van der Waals surface area contributed by atoms with E-state index >= 15 is 0 Å². The summed E-state index contributed by atoms with van der Waals surface area (Å²) >= 11 is 1.62. The van der Waals surface area contributed by atoms with E-state index in [2.05, 4.69) is 37.2 Å². The van der Waals surface area contributed by atoms with Gasteiger partial charge in [-0.2, -0.15) is 5.26 Å². The van der Waals surface area contributed by atoms with Crippen molar-refractivity contribution in [3.8, 4) is 6.07 Å². The summed E-state index contributed by atoms with van der Waals surface area (Å²) in [7, 11) is 0. The Hall–Kier alpha value is -2.52.